The number of rotatable bonds is 5. The molecule has 2 N–H and O–H groups in total. The first-order chi connectivity index (χ1) is 8.97. The molecule has 0 amide bonds. The van der Waals surface area contributed by atoms with Gasteiger partial charge in [-0.15, -0.1) is 29.6 Å². The quantitative estimate of drug-likeness (QED) is 0.628. The van der Waals surface area contributed by atoms with Gasteiger partial charge in [-0.25, -0.2) is 0 Å². The van der Waals surface area contributed by atoms with E-state index in [0.29, 0.717) is 18.7 Å². The molecule has 1 rings (SSSR count). The number of aliphatic carboxylic acids is 1. The van der Waals surface area contributed by atoms with Gasteiger partial charge in [0.25, 0.3) is 0 Å². The van der Waals surface area contributed by atoms with E-state index in [2.05, 4.69) is 40.0 Å². The van der Waals surface area contributed by atoms with Crippen molar-refractivity contribution in [3.63, 3.8) is 0 Å². The highest BCUT2D eigenvalue weighted by Gasteiger charge is 2.18. The van der Waals surface area contributed by atoms with Crippen LogP contribution >= 0.6 is 0 Å². The predicted molar refractivity (Wildman–Crippen MR) is 74.3 cm³/mol. The summed E-state index contributed by atoms with van der Waals surface area (Å²) in [5.74, 6) is -0.741. The van der Waals surface area contributed by atoms with E-state index in [9.17, 15) is 4.79 Å². The van der Waals surface area contributed by atoms with Crippen LogP contribution in [-0.4, -0.2) is 31.7 Å². The van der Waals surface area contributed by atoms with Crippen molar-refractivity contribution in [2.75, 3.05) is 0 Å². The highest BCUT2D eigenvalue weighted by atomic mass is 16.4. The van der Waals surface area contributed by atoms with Crippen LogP contribution in [0.25, 0.3) is 0 Å². The average molecular weight is 266 g/mol. The third-order valence-corrected chi connectivity index (χ3v) is 1.80. The van der Waals surface area contributed by atoms with Crippen molar-refractivity contribution < 1.29 is 9.90 Å². The molecule has 0 aliphatic rings. The van der Waals surface area contributed by atoms with Crippen molar-refractivity contribution >= 4 is 5.97 Å². The Balaban J connectivity index is 0. The largest absolute Gasteiger partial charge is 0.481 e. The van der Waals surface area contributed by atoms with Gasteiger partial charge < -0.3 is 5.11 Å². The van der Waals surface area contributed by atoms with Crippen molar-refractivity contribution in [1.82, 2.24) is 20.6 Å². The molecule has 1 atom stereocenters. The second-order valence-corrected chi connectivity index (χ2v) is 4.06. The number of tetrazole rings is 1. The first kappa shape index (κ1) is 19.2. The molecular formula is C13H22N4O2. The summed E-state index contributed by atoms with van der Waals surface area (Å²) in [6, 6.07) is 0. The number of nitrogens with zero attached hydrogens (tertiary/aromatic N) is 3. The summed E-state index contributed by atoms with van der Waals surface area (Å²) in [7, 11) is 0. The van der Waals surface area contributed by atoms with Gasteiger partial charge in [-0.05, 0) is 20.3 Å². The third-order valence-electron chi connectivity index (χ3n) is 1.80. The maximum absolute atomic E-state index is 10.7. The number of nitrogens with one attached hydrogen (secondary N) is 1. The molecule has 0 radical (unpaired) electrons. The third kappa shape index (κ3) is 12.1. The molecule has 0 spiro atoms. The minimum Gasteiger partial charge on any atom is -0.481 e. The monoisotopic (exact) mass is 266 g/mol. The topological polar surface area (TPSA) is 91.8 Å². The Morgan fingerprint density at radius 3 is 2.32 bits per heavy atom. The number of hydrogen-bond donors (Lipinski definition) is 2. The minimum atomic E-state index is -0.799. The van der Waals surface area contributed by atoms with Crippen LogP contribution in [0, 0.1) is 18.8 Å². The Morgan fingerprint density at radius 2 is 2.00 bits per heavy atom. The van der Waals surface area contributed by atoms with Gasteiger partial charge in [0.15, 0.2) is 5.82 Å². The molecular weight excluding hydrogens is 244 g/mol. The summed E-state index contributed by atoms with van der Waals surface area (Å²) in [6.07, 6.45) is 9.83. The van der Waals surface area contributed by atoms with Crippen LogP contribution in [0.2, 0.25) is 0 Å². The van der Waals surface area contributed by atoms with Crippen LogP contribution in [0.5, 0.6) is 0 Å². The number of hydrogen-bond acceptors (Lipinski definition) is 4. The molecule has 0 saturated carbocycles. The molecule has 6 heteroatoms. The fraction of sp³-hybridized carbons (Fsp3) is 0.538. The van der Waals surface area contributed by atoms with Crippen molar-refractivity contribution in [3.8, 4) is 12.8 Å². The lowest BCUT2D eigenvalue weighted by Gasteiger charge is -2.06. The average Bonchev–Trinajstić information content (AvgIpc) is 2.83. The van der Waals surface area contributed by atoms with E-state index < -0.39 is 11.9 Å². The van der Waals surface area contributed by atoms with Gasteiger partial charge in [0.05, 0.1) is 5.92 Å². The zero-order chi connectivity index (χ0) is 15.3. The SMILES string of the molecule is C#C.C=C(C)C.CCC[C@@H](Cc1nn[nH]n1)C(=O)O. The lowest BCUT2D eigenvalue weighted by Crippen LogP contribution is -2.16. The van der Waals surface area contributed by atoms with Gasteiger partial charge in [0.1, 0.15) is 0 Å². The first-order valence-corrected chi connectivity index (χ1v) is 5.87. The molecule has 19 heavy (non-hydrogen) atoms. The summed E-state index contributed by atoms with van der Waals surface area (Å²) in [4.78, 5) is 10.7. The lowest BCUT2D eigenvalue weighted by atomic mass is 10.00. The Morgan fingerprint density at radius 1 is 1.47 bits per heavy atom. The molecule has 0 saturated heterocycles. The second-order valence-electron chi connectivity index (χ2n) is 4.06. The summed E-state index contributed by atoms with van der Waals surface area (Å²) in [6.45, 7) is 9.45. The molecule has 0 aromatic carbocycles. The Bertz CT molecular complexity index is 367. The van der Waals surface area contributed by atoms with Gasteiger partial charge >= 0.3 is 5.97 Å². The zero-order valence-electron chi connectivity index (χ0n) is 11.8. The number of terminal acetylenes is 1. The van der Waals surface area contributed by atoms with E-state index >= 15 is 0 Å². The van der Waals surface area contributed by atoms with Gasteiger partial charge in [0.2, 0.25) is 0 Å². The fourth-order valence-corrected chi connectivity index (χ4v) is 1.15. The van der Waals surface area contributed by atoms with E-state index in [-0.39, 0.29) is 0 Å². The van der Waals surface area contributed by atoms with Gasteiger partial charge in [-0.1, -0.05) is 24.1 Å². The summed E-state index contributed by atoms with van der Waals surface area (Å²) in [5.41, 5.74) is 1.17. The number of aromatic nitrogens is 4. The maximum atomic E-state index is 10.7. The molecule has 106 valence electrons. The summed E-state index contributed by atoms with van der Waals surface area (Å²) in [5, 5.41) is 21.9. The molecule has 1 aromatic rings. The van der Waals surface area contributed by atoms with Gasteiger partial charge in [-0.3, -0.25) is 4.79 Å². The predicted octanol–water partition coefficient (Wildman–Crippen LogP) is 2.07. The second kappa shape index (κ2) is 12.3. The molecule has 1 heterocycles. The number of aromatic amines is 1. The van der Waals surface area contributed by atoms with Crippen LogP contribution in [0.4, 0.5) is 0 Å². The Labute approximate surface area is 114 Å². The van der Waals surface area contributed by atoms with Crippen LogP contribution in [-0.2, 0) is 11.2 Å². The van der Waals surface area contributed by atoms with Crippen LogP contribution in [0.1, 0.15) is 39.4 Å². The highest BCUT2D eigenvalue weighted by Crippen LogP contribution is 2.10. The van der Waals surface area contributed by atoms with Crippen LogP contribution in [0.15, 0.2) is 12.2 Å². The molecule has 0 fully saturated rings. The summed E-state index contributed by atoms with van der Waals surface area (Å²) < 4.78 is 0. The minimum absolute atomic E-state index is 0.347. The van der Waals surface area contributed by atoms with E-state index in [1.165, 1.54) is 5.57 Å². The van der Waals surface area contributed by atoms with Gasteiger partial charge in [-0.2, -0.15) is 5.21 Å². The number of carboxylic acids is 1. The molecule has 0 bridgehead atoms. The number of H-pyrrole nitrogens is 1. The van der Waals surface area contributed by atoms with E-state index in [1.807, 2.05) is 20.8 Å². The normalized spacial score (nSPS) is 10.2. The zero-order valence-corrected chi connectivity index (χ0v) is 11.8. The van der Waals surface area contributed by atoms with Crippen molar-refractivity contribution in [1.29, 1.82) is 0 Å². The smallest absolute Gasteiger partial charge is 0.306 e. The van der Waals surface area contributed by atoms with Crippen molar-refractivity contribution in [3.05, 3.63) is 18.0 Å². The standard InChI is InChI=1S/C7H12N4O2.C4H8.C2H2/c1-2-3-5(7(12)13)4-6-8-10-11-9-6;1-4(2)3;1-2/h5H,2-4H2,1H3,(H,12,13)(H,8,9,10,11);1H2,2-3H3;1-2H/t5-;;/m0../s1. The van der Waals surface area contributed by atoms with Crippen LogP contribution < -0.4 is 0 Å². The Hall–Kier alpha value is -2.16. The number of carbonyl (C=O) groups is 1. The Kier molecular flexibility index (Phi) is 12.4. The van der Waals surface area contributed by atoms with E-state index in [0.717, 1.165) is 6.42 Å². The van der Waals surface area contributed by atoms with Crippen molar-refractivity contribution in [2.24, 2.45) is 5.92 Å². The van der Waals surface area contributed by atoms with E-state index in [4.69, 9.17) is 5.11 Å². The number of carboxylic acid groups (broad SMARTS) is 1. The summed E-state index contributed by atoms with van der Waals surface area (Å²) >= 11 is 0. The maximum Gasteiger partial charge on any atom is 0.306 e. The van der Waals surface area contributed by atoms with Gasteiger partial charge in [0, 0.05) is 6.42 Å². The van der Waals surface area contributed by atoms with Crippen LogP contribution in [0.3, 0.4) is 0 Å². The van der Waals surface area contributed by atoms with Crippen molar-refractivity contribution in [2.45, 2.75) is 40.0 Å². The lowest BCUT2D eigenvalue weighted by molar-refractivity contribution is -0.142. The molecule has 6 nitrogen and oxygen atoms in total. The molecule has 0 aliphatic heterocycles. The number of allylic oxidation sites excluding steroid dienone is 1. The molecule has 0 aliphatic carbocycles. The first-order valence-electron chi connectivity index (χ1n) is 5.87. The molecule has 0 unspecified atom stereocenters. The highest BCUT2D eigenvalue weighted by molar-refractivity contribution is 5.70. The van der Waals surface area contributed by atoms with E-state index in [1.54, 1.807) is 0 Å². The molecule has 1 aromatic heterocycles. The fourth-order valence-electron chi connectivity index (χ4n) is 1.15.